The molecule has 2 unspecified atom stereocenters. The van der Waals surface area contributed by atoms with E-state index in [1.54, 1.807) is 11.8 Å². The first-order valence-electron chi connectivity index (χ1n) is 6.01. The quantitative estimate of drug-likeness (QED) is 0.848. The monoisotopic (exact) mass is 304 g/mol. The van der Waals surface area contributed by atoms with Crippen LogP contribution in [0.15, 0.2) is 23.1 Å². The molecule has 4 nitrogen and oxygen atoms in total. The number of rotatable bonds is 2. The van der Waals surface area contributed by atoms with Crippen LogP contribution < -0.4 is 5.73 Å². The van der Waals surface area contributed by atoms with Crippen molar-refractivity contribution in [3.05, 3.63) is 24.0 Å². The summed E-state index contributed by atoms with van der Waals surface area (Å²) in [5.74, 6) is -0.700. The van der Waals surface area contributed by atoms with E-state index < -0.39 is 15.8 Å². The normalized spacial score (nSPS) is 25.4. The lowest BCUT2D eigenvalue weighted by Crippen LogP contribution is -2.43. The highest BCUT2D eigenvalue weighted by molar-refractivity contribution is 8.00. The fraction of sp³-hybridized carbons (Fsp3) is 0.500. The van der Waals surface area contributed by atoms with Gasteiger partial charge in [0.05, 0.1) is 10.6 Å². The summed E-state index contributed by atoms with van der Waals surface area (Å²) >= 11 is 1.76. The van der Waals surface area contributed by atoms with E-state index in [1.165, 1.54) is 16.4 Å². The van der Waals surface area contributed by atoms with Gasteiger partial charge >= 0.3 is 0 Å². The van der Waals surface area contributed by atoms with Crippen LogP contribution >= 0.6 is 11.8 Å². The van der Waals surface area contributed by atoms with Crippen molar-refractivity contribution in [1.29, 1.82) is 0 Å². The fourth-order valence-corrected chi connectivity index (χ4v) is 5.29. The molecule has 2 atom stereocenters. The third-order valence-corrected chi connectivity index (χ3v) is 6.05. The van der Waals surface area contributed by atoms with Crippen LogP contribution in [0.25, 0.3) is 0 Å². The van der Waals surface area contributed by atoms with Crippen molar-refractivity contribution < 1.29 is 12.8 Å². The molecule has 1 aliphatic rings. The van der Waals surface area contributed by atoms with Crippen molar-refractivity contribution in [2.24, 2.45) is 0 Å². The van der Waals surface area contributed by atoms with Gasteiger partial charge in [0, 0.05) is 23.6 Å². The van der Waals surface area contributed by atoms with Gasteiger partial charge in [-0.1, -0.05) is 13.8 Å². The van der Waals surface area contributed by atoms with Crippen LogP contribution in [0.5, 0.6) is 0 Å². The molecule has 0 aromatic heterocycles. The van der Waals surface area contributed by atoms with Crippen LogP contribution in [0.3, 0.4) is 0 Å². The van der Waals surface area contributed by atoms with E-state index in [1.807, 2.05) is 13.8 Å². The molecular formula is C12H17FN2O2S2. The number of sulfonamides is 1. The van der Waals surface area contributed by atoms with Gasteiger partial charge in [0.1, 0.15) is 5.82 Å². The maximum Gasteiger partial charge on any atom is 0.243 e. The second kappa shape index (κ2) is 5.30. The molecule has 1 heterocycles. The Labute approximate surface area is 117 Å². The number of nitrogens with zero attached hydrogens (tertiary/aromatic N) is 1. The predicted molar refractivity (Wildman–Crippen MR) is 76.1 cm³/mol. The van der Waals surface area contributed by atoms with Gasteiger partial charge in [0.15, 0.2) is 0 Å². The Morgan fingerprint density at radius 1 is 1.32 bits per heavy atom. The molecular weight excluding hydrogens is 287 g/mol. The van der Waals surface area contributed by atoms with Crippen molar-refractivity contribution in [1.82, 2.24) is 4.31 Å². The fourth-order valence-electron chi connectivity index (χ4n) is 2.14. The standard InChI is InChI=1S/C12H17FN2O2S2/c1-8-6-15(7-9(2)18-8)19(16,17)10-3-4-12(14)11(13)5-10/h3-5,8-9H,6-7,14H2,1-2H3. The highest BCUT2D eigenvalue weighted by Gasteiger charge is 2.32. The van der Waals surface area contributed by atoms with Crippen molar-refractivity contribution >= 4 is 27.5 Å². The largest absolute Gasteiger partial charge is 0.396 e. The van der Waals surface area contributed by atoms with Crippen molar-refractivity contribution in [2.75, 3.05) is 18.8 Å². The van der Waals surface area contributed by atoms with Gasteiger partial charge in [-0.25, -0.2) is 12.8 Å². The van der Waals surface area contributed by atoms with E-state index in [0.29, 0.717) is 13.1 Å². The Bertz CT molecular complexity index is 567. The molecule has 1 aromatic rings. The summed E-state index contributed by atoms with van der Waals surface area (Å²) < 4.78 is 39.7. The topological polar surface area (TPSA) is 63.4 Å². The Hall–Kier alpha value is -0.790. The molecule has 0 spiro atoms. The number of nitrogens with two attached hydrogens (primary N) is 1. The highest BCUT2D eigenvalue weighted by atomic mass is 32.2. The molecule has 1 aromatic carbocycles. The minimum atomic E-state index is -3.64. The first-order valence-corrected chi connectivity index (χ1v) is 8.39. The molecule has 1 saturated heterocycles. The SMILES string of the molecule is CC1CN(S(=O)(=O)c2ccc(N)c(F)c2)CC(C)S1. The molecule has 0 aliphatic carbocycles. The summed E-state index contributed by atoms with van der Waals surface area (Å²) in [6.45, 7) is 4.88. The van der Waals surface area contributed by atoms with Gasteiger partial charge in [-0.2, -0.15) is 16.1 Å². The highest BCUT2D eigenvalue weighted by Crippen LogP contribution is 2.29. The molecule has 7 heteroatoms. The predicted octanol–water partition coefficient (Wildman–Crippen LogP) is 1.92. The molecule has 0 amide bonds. The zero-order chi connectivity index (χ0) is 14.2. The second-order valence-electron chi connectivity index (χ2n) is 4.76. The average molecular weight is 304 g/mol. The second-order valence-corrected chi connectivity index (χ2v) is 8.58. The minimum Gasteiger partial charge on any atom is -0.396 e. The lowest BCUT2D eigenvalue weighted by molar-refractivity contribution is 0.404. The van der Waals surface area contributed by atoms with Crippen LogP contribution in [-0.4, -0.2) is 36.3 Å². The number of halogens is 1. The molecule has 0 saturated carbocycles. The maximum absolute atomic E-state index is 13.4. The summed E-state index contributed by atoms with van der Waals surface area (Å²) in [5.41, 5.74) is 5.32. The van der Waals surface area contributed by atoms with E-state index in [4.69, 9.17) is 5.73 Å². The first-order chi connectivity index (χ1) is 8.80. The van der Waals surface area contributed by atoms with Gasteiger partial charge in [-0.15, -0.1) is 0 Å². The summed E-state index contributed by atoms with van der Waals surface area (Å²) in [7, 11) is -3.64. The molecule has 0 radical (unpaired) electrons. The summed E-state index contributed by atoms with van der Waals surface area (Å²) in [6.07, 6.45) is 0. The zero-order valence-electron chi connectivity index (χ0n) is 10.8. The molecule has 0 bridgehead atoms. The Balaban J connectivity index is 2.33. The number of hydrogen-bond acceptors (Lipinski definition) is 4. The molecule has 1 fully saturated rings. The van der Waals surface area contributed by atoms with Crippen LogP contribution in [0.4, 0.5) is 10.1 Å². The van der Waals surface area contributed by atoms with Crippen LogP contribution in [0.1, 0.15) is 13.8 Å². The van der Waals surface area contributed by atoms with Crippen LogP contribution in [0.2, 0.25) is 0 Å². The van der Waals surface area contributed by atoms with E-state index >= 15 is 0 Å². The van der Waals surface area contributed by atoms with Gasteiger partial charge in [-0.05, 0) is 18.2 Å². The number of benzene rings is 1. The van der Waals surface area contributed by atoms with Gasteiger partial charge < -0.3 is 5.73 Å². The molecule has 2 rings (SSSR count). The molecule has 106 valence electrons. The Morgan fingerprint density at radius 3 is 2.42 bits per heavy atom. The molecule has 1 aliphatic heterocycles. The minimum absolute atomic E-state index is 0.0366. The lowest BCUT2D eigenvalue weighted by Gasteiger charge is -2.33. The van der Waals surface area contributed by atoms with Crippen molar-refractivity contribution in [2.45, 2.75) is 29.2 Å². The number of anilines is 1. The van der Waals surface area contributed by atoms with Crippen molar-refractivity contribution in [3.63, 3.8) is 0 Å². The smallest absolute Gasteiger partial charge is 0.243 e. The zero-order valence-corrected chi connectivity index (χ0v) is 12.5. The third kappa shape index (κ3) is 3.04. The number of hydrogen-bond donors (Lipinski definition) is 1. The first kappa shape index (κ1) is 14.6. The Morgan fingerprint density at radius 2 is 1.89 bits per heavy atom. The van der Waals surface area contributed by atoms with Gasteiger partial charge in [-0.3, -0.25) is 0 Å². The summed E-state index contributed by atoms with van der Waals surface area (Å²) in [6, 6.07) is 3.63. The van der Waals surface area contributed by atoms with Crippen molar-refractivity contribution in [3.8, 4) is 0 Å². The third-order valence-electron chi connectivity index (χ3n) is 3.00. The van der Waals surface area contributed by atoms with Crippen LogP contribution in [-0.2, 0) is 10.0 Å². The number of nitrogen functional groups attached to an aromatic ring is 1. The lowest BCUT2D eigenvalue weighted by atomic mass is 10.3. The number of thioether (sulfide) groups is 1. The van der Waals surface area contributed by atoms with Crippen LogP contribution in [0, 0.1) is 5.82 Å². The molecule has 19 heavy (non-hydrogen) atoms. The summed E-state index contributed by atoms with van der Waals surface area (Å²) in [4.78, 5) is -0.0366. The average Bonchev–Trinajstić information content (AvgIpc) is 2.31. The Kier molecular flexibility index (Phi) is 4.08. The van der Waals surface area contributed by atoms with E-state index in [0.717, 1.165) is 6.07 Å². The molecule has 2 N–H and O–H groups in total. The maximum atomic E-state index is 13.4. The van der Waals surface area contributed by atoms with E-state index in [2.05, 4.69) is 0 Å². The van der Waals surface area contributed by atoms with E-state index in [9.17, 15) is 12.8 Å². The van der Waals surface area contributed by atoms with E-state index in [-0.39, 0.29) is 21.1 Å². The summed E-state index contributed by atoms with van der Waals surface area (Å²) in [5, 5.41) is 0.467. The van der Waals surface area contributed by atoms with Gasteiger partial charge in [0.25, 0.3) is 0 Å². The van der Waals surface area contributed by atoms with Gasteiger partial charge in [0.2, 0.25) is 10.0 Å².